The van der Waals surface area contributed by atoms with Gasteiger partial charge in [0.15, 0.2) is 0 Å². The second-order valence-electron chi connectivity index (χ2n) is 6.73. The third kappa shape index (κ3) is 3.06. The second-order valence-corrected chi connectivity index (χ2v) is 6.73. The van der Waals surface area contributed by atoms with Crippen molar-refractivity contribution in [2.45, 2.75) is 57.5 Å². The highest BCUT2D eigenvalue weighted by molar-refractivity contribution is 5.38. The van der Waals surface area contributed by atoms with Crippen LogP contribution >= 0.6 is 0 Å². The molecule has 3 rings (SSSR count). The van der Waals surface area contributed by atoms with Crippen molar-refractivity contribution >= 4 is 0 Å². The molecule has 0 radical (unpaired) electrons. The van der Waals surface area contributed by atoms with E-state index in [4.69, 9.17) is 4.74 Å². The summed E-state index contributed by atoms with van der Waals surface area (Å²) in [5, 5.41) is 13.1. The maximum atomic E-state index is 9.68. The molecule has 0 amide bonds. The Labute approximate surface area is 127 Å². The first-order valence-corrected chi connectivity index (χ1v) is 8.06. The van der Waals surface area contributed by atoms with Gasteiger partial charge in [-0.05, 0) is 75.1 Å². The highest BCUT2D eigenvalue weighted by Crippen LogP contribution is 2.40. The fraction of sp³-hybridized carbons (Fsp3) is 0.611. The lowest BCUT2D eigenvalue weighted by molar-refractivity contribution is 0.192. The summed E-state index contributed by atoms with van der Waals surface area (Å²) in [6.07, 6.45) is 5.84. The van der Waals surface area contributed by atoms with E-state index in [0.717, 1.165) is 25.0 Å². The fourth-order valence-electron chi connectivity index (χ4n) is 3.36. The molecule has 1 fully saturated rings. The Morgan fingerprint density at radius 3 is 2.76 bits per heavy atom. The van der Waals surface area contributed by atoms with Crippen LogP contribution in [0.25, 0.3) is 0 Å². The van der Waals surface area contributed by atoms with E-state index in [1.54, 1.807) is 0 Å². The van der Waals surface area contributed by atoms with Gasteiger partial charge in [0.1, 0.15) is 17.9 Å². The number of hydrogen-bond acceptors (Lipinski definition) is 3. The van der Waals surface area contributed by atoms with Crippen molar-refractivity contribution in [3.05, 3.63) is 29.3 Å². The number of hydrogen-bond donors (Lipinski definition) is 1. The van der Waals surface area contributed by atoms with Gasteiger partial charge in [0.2, 0.25) is 0 Å². The number of nitriles is 1. The molecule has 1 saturated carbocycles. The van der Waals surface area contributed by atoms with Gasteiger partial charge < -0.3 is 4.74 Å². The zero-order valence-corrected chi connectivity index (χ0v) is 13.0. The smallest absolute Gasteiger partial charge is 0.144 e. The van der Waals surface area contributed by atoms with E-state index in [1.807, 2.05) is 0 Å². The van der Waals surface area contributed by atoms with Gasteiger partial charge in [0, 0.05) is 6.04 Å². The third-order valence-electron chi connectivity index (χ3n) is 4.56. The molecule has 1 aromatic rings. The Morgan fingerprint density at radius 1 is 1.33 bits per heavy atom. The monoisotopic (exact) mass is 284 g/mol. The first-order valence-electron chi connectivity index (χ1n) is 8.06. The van der Waals surface area contributed by atoms with Crippen LogP contribution in [0.1, 0.15) is 44.2 Å². The molecule has 21 heavy (non-hydrogen) atoms. The van der Waals surface area contributed by atoms with Gasteiger partial charge >= 0.3 is 0 Å². The van der Waals surface area contributed by atoms with Gasteiger partial charge in [0.05, 0.1) is 6.07 Å². The molecule has 0 aliphatic heterocycles. The van der Waals surface area contributed by atoms with Gasteiger partial charge in [0.25, 0.3) is 0 Å². The average molecular weight is 284 g/mol. The normalized spacial score (nSPS) is 19.9. The summed E-state index contributed by atoms with van der Waals surface area (Å²) in [6.45, 7) is 4.61. The van der Waals surface area contributed by atoms with E-state index in [-0.39, 0.29) is 6.04 Å². The number of nitrogens with zero attached hydrogens (tertiary/aromatic N) is 1. The van der Waals surface area contributed by atoms with Crippen LogP contribution < -0.4 is 10.1 Å². The molecule has 0 aromatic heterocycles. The first kappa shape index (κ1) is 14.4. The number of fused-ring (bicyclic) bond motifs is 1. The quantitative estimate of drug-likeness (QED) is 0.872. The minimum atomic E-state index is -0.535. The molecular weight excluding hydrogens is 260 g/mol. The van der Waals surface area contributed by atoms with Gasteiger partial charge in [-0.3, -0.25) is 5.32 Å². The molecule has 0 spiro atoms. The summed E-state index contributed by atoms with van der Waals surface area (Å²) in [4.78, 5) is 0. The maximum absolute atomic E-state index is 9.68. The standard InChI is InChI=1S/C18H24N2O/c1-13(2)20-18(11-19,16-7-8-16)12-21-17-9-6-14-4-3-5-15(14)10-17/h6,9-10,13,16,20H,3-5,7-8,12H2,1-2H3. The summed E-state index contributed by atoms with van der Waals surface area (Å²) in [6, 6.07) is 9.17. The number of nitrogens with one attached hydrogen (secondary N) is 1. The zero-order valence-electron chi connectivity index (χ0n) is 13.0. The summed E-state index contributed by atoms with van der Waals surface area (Å²) in [7, 11) is 0. The summed E-state index contributed by atoms with van der Waals surface area (Å²) >= 11 is 0. The molecule has 1 atom stereocenters. The molecule has 3 nitrogen and oxygen atoms in total. The van der Waals surface area contributed by atoms with E-state index in [1.165, 1.54) is 24.0 Å². The van der Waals surface area contributed by atoms with Crippen molar-refractivity contribution in [2.24, 2.45) is 5.92 Å². The van der Waals surface area contributed by atoms with Gasteiger partial charge in [-0.1, -0.05) is 6.07 Å². The average Bonchev–Trinajstić information content (AvgIpc) is 3.22. The predicted octanol–water partition coefficient (Wildman–Crippen LogP) is 3.22. The zero-order chi connectivity index (χ0) is 14.9. The second kappa shape index (κ2) is 5.69. The van der Waals surface area contributed by atoms with Gasteiger partial charge in [-0.2, -0.15) is 5.26 Å². The minimum absolute atomic E-state index is 0.286. The van der Waals surface area contributed by atoms with Crippen LogP contribution in [0.4, 0.5) is 0 Å². The number of aryl methyl sites for hydroxylation is 2. The van der Waals surface area contributed by atoms with Crippen molar-refractivity contribution in [1.29, 1.82) is 5.26 Å². The maximum Gasteiger partial charge on any atom is 0.144 e. The molecule has 0 saturated heterocycles. The molecule has 1 aromatic carbocycles. The summed E-state index contributed by atoms with van der Waals surface area (Å²) in [5.74, 6) is 1.33. The van der Waals surface area contributed by atoms with Gasteiger partial charge in [-0.25, -0.2) is 0 Å². The Hall–Kier alpha value is -1.53. The van der Waals surface area contributed by atoms with E-state index in [2.05, 4.69) is 43.4 Å². The van der Waals surface area contributed by atoms with Crippen LogP contribution in [-0.2, 0) is 12.8 Å². The lowest BCUT2D eigenvalue weighted by atomic mass is 9.95. The Morgan fingerprint density at radius 2 is 2.10 bits per heavy atom. The Bertz CT molecular complexity index is 557. The lowest BCUT2D eigenvalue weighted by Crippen LogP contribution is -2.53. The van der Waals surface area contributed by atoms with E-state index < -0.39 is 5.54 Å². The number of ether oxygens (including phenoxy) is 1. The van der Waals surface area contributed by atoms with Crippen molar-refractivity contribution in [3.8, 4) is 11.8 Å². The van der Waals surface area contributed by atoms with Crippen LogP contribution in [-0.4, -0.2) is 18.2 Å². The highest BCUT2D eigenvalue weighted by Gasteiger charge is 2.46. The van der Waals surface area contributed by atoms with Crippen LogP contribution in [0.5, 0.6) is 5.75 Å². The molecular formula is C18H24N2O. The highest BCUT2D eigenvalue weighted by atomic mass is 16.5. The molecule has 1 unspecified atom stereocenters. The summed E-state index contributed by atoms with van der Waals surface area (Å²) in [5.41, 5.74) is 2.34. The summed E-state index contributed by atoms with van der Waals surface area (Å²) < 4.78 is 6.00. The molecule has 112 valence electrons. The molecule has 2 aliphatic rings. The van der Waals surface area contributed by atoms with Crippen LogP contribution in [0.3, 0.4) is 0 Å². The molecule has 3 heteroatoms. The van der Waals surface area contributed by atoms with Crippen molar-refractivity contribution in [2.75, 3.05) is 6.61 Å². The van der Waals surface area contributed by atoms with Crippen LogP contribution in [0.15, 0.2) is 18.2 Å². The largest absolute Gasteiger partial charge is 0.491 e. The Kier molecular flexibility index (Phi) is 3.91. The predicted molar refractivity (Wildman–Crippen MR) is 83.3 cm³/mol. The first-order chi connectivity index (χ1) is 10.1. The van der Waals surface area contributed by atoms with Crippen LogP contribution in [0.2, 0.25) is 0 Å². The minimum Gasteiger partial charge on any atom is -0.491 e. The SMILES string of the molecule is CC(C)NC(C#N)(COc1ccc2c(c1)CCC2)C1CC1. The van der Waals surface area contributed by atoms with Crippen molar-refractivity contribution in [3.63, 3.8) is 0 Å². The van der Waals surface area contributed by atoms with E-state index in [0.29, 0.717) is 12.5 Å². The van der Waals surface area contributed by atoms with Crippen molar-refractivity contribution in [1.82, 2.24) is 5.32 Å². The van der Waals surface area contributed by atoms with Gasteiger partial charge in [-0.15, -0.1) is 0 Å². The molecule has 0 bridgehead atoms. The molecule has 0 heterocycles. The molecule has 1 N–H and O–H groups in total. The Balaban J connectivity index is 1.71. The molecule has 2 aliphatic carbocycles. The van der Waals surface area contributed by atoms with E-state index in [9.17, 15) is 5.26 Å². The topological polar surface area (TPSA) is 45.0 Å². The van der Waals surface area contributed by atoms with Crippen LogP contribution in [0, 0.1) is 17.2 Å². The third-order valence-corrected chi connectivity index (χ3v) is 4.56. The fourth-order valence-corrected chi connectivity index (χ4v) is 3.36. The van der Waals surface area contributed by atoms with E-state index >= 15 is 0 Å². The number of benzene rings is 1. The lowest BCUT2D eigenvalue weighted by Gasteiger charge is -2.30. The van der Waals surface area contributed by atoms with Crippen molar-refractivity contribution < 1.29 is 4.74 Å². The number of rotatable bonds is 6.